The Labute approximate surface area is 147 Å². The minimum absolute atomic E-state index is 0.286. The first-order chi connectivity index (χ1) is 11.4. The summed E-state index contributed by atoms with van der Waals surface area (Å²) in [6.45, 7) is 8.30. The number of hydrogen-bond acceptors (Lipinski definition) is 2. The van der Waals surface area contributed by atoms with Crippen molar-refractivity contribution in [2.45, 2.75) is 78.2 Å². The maximum Gasteiger partial charge on any atom is 0.220 e. The molecule has 4 rings (SSSR count). The molecule has 0 spiro atoms. The van der Waals surface area contributed by atoms with E-state index in [4.69, 9.17) is 5.73 Å². The molecule has 3 heteroatoms. The SMILES string of the molecule is CC(CN)[C@H]1CC[C@H]2[C@@H]3CCC4NC(=O)CC[C@]4(C)[C@H]3CC[C@]12C. The molecule has 0 bridgehead atoms. The highest BCUT2D eigenvalue weighted by molar-refractivity contribution is 5.77. The number of hydrogen-bond donors (Lipinski definition) is 2. The van der Waals surface area contributed by atoms with Crippen molar-refractivity contribution in [1.82, 2.24) is 5.32 Å². The summed E-state index contributed by atoms with van der Waals surface area (Å²) >= 11 is 0. The van der Waals surface area contributed by atoms with E-state index >= 15 is 0 Å². The fourth-order valence-electron chi connectivity index (χ4n) is 7.84. The minimum Gasteiger partial charge on any atom is -0.353 e. The van der Waals surface area contributed by atoms with Gasteiger partial charge in [-0.15, -0.1) is 0 Å². The molecule has 136 valence electrons. The predicted octanol–water partition coefficient (Wildman–Crippen LogP) is 3.72. The van der Waals surface area contributed by atoms with Crippen LogP contribution in [0, 0.1) is 40.4 Å². The lowest BCUT2D eigenvalue weighted by molar-refractivity contribution is -0.137. The van der Waals surface area contributed by atoms with Crippen molar-refractivity contribution in [2.24, 2.45) is 46.2 Å². The second-order valence-electron chi connectivity index (χ2n) is 10.0. The van der Waals surface area contributed by atoms with Gasteiger partial charge >= 0.3 is 0 Å². The summed E-state index contributed by atoms with van der Waals surface area (Å²) in [5.41, 5.74) is 6.90. The Kier molecular flexibility index (Phi) is 4.02. The second kappa shape index (κ2) is 5.72. The molecule has 3 nitrogen and oxygen atoms in total. The Hall–Kier alpha value is -0.570. The predicted molar refractivity (Wildman–Crippen MR) is 97.3 cm³/mol. The number of fused-ring (bicyclic) bond motifs is 5. The minimum atomic E-state index is 0.286. The molecule has 1 amide bonds. The zero-order valence-corrected chi connectivity index (χ0v) is 15.8. The van der Waals surface area contributed by atoms with Gasteiger partial charge in [0.05, 0.1) is 0 Å². The van der Waals surface area contributed by atoms with Gasteiger partial charge in [-0.05, 0) is 91.9 Å². The molecule has 24 heavy (non-hydrogen) atoms. The van der Waals surface area contributed by atoms with Crippen LogP contribution >= 0.6 is 0 Å². The zero-order chi connectivity index (χ0) is 17.1. The molecule has 3 saturated carbocycles. The van der Waals surface area contributed by atoms with Crippen LogP contribution in [0.1, 0.15) is 72.1 Å². The van der Waals surface area contributed by atoms with Crippen molar-refractivity contribution in [3.8, 4) is 0 Å². The molecule has 3 N–H and O–H groups in total. The first-order valence-corrected chi connectivity index (χ1v) is 10.4. The number of amides is 1. The van der Waals surface area contributed by atoms with Gasteiger partial charge in [-0.25, -0.2) is 0 Å². The largest absolute Gasteiger partial charge is 0.353 e. The van der Waals surface area contributed by atoms with Crippen LogP contribution in [0.2, 0.25) is 0 Å². The summed E-state index contributed by atoms with van der Waals surface area (Å²) in [4.78, 5) is 11.9. The average Bonchev–Trinajstić information content (AvgIpc) is 2.92. The van der Waals surface area contributed by atoms with Gasteiger partial charge in [0.1, 0.15) is 0 Å². The van der Waals surface area contributed by atoms with Crippen LogP contribution in [0.15, 0.2) is 0 Å². The van der Waals surface area contributed by atoms with Gasteiger partial charge < -0.3 is 11.1 Å². The summed E-state index contributed by atoms with van der Waals surface area (Å²) in [6, 6.07) is 0.435. The highest BCUT2D eigenvalue weighted by Gasteiger charge is 2.60. The number of rotatable bonds is 2. The molecule has 0 radical (unpaired) electrons. The van der Waals surface area contributed by atoms with Crippen molar-refractivity contribution >= 4 is 5.91 Å². The highest BCUT2D eigenvalue weighted by atomic mass is 16.1. The number of piperidine rings is 1. The van der Waals surface area contributed by atoms with Crippen LogP contribution in [-0.2, 0) is 4.79 Å². The van der Waals surface area contributed by atoms with E-state index in [0.29, 0.717) is 22.8 Å². The van der Waals surface area contributed by atoms with E-state index in [0.717, 1.165) is 43.1 Å². The Morgan fingerprint density at radius 3 is 2.58 bits per heavy atom. The van der Waals surface area contributed by atoms with Gasteiger partial charge in [-0.2, -0.15) is 0 Å². The molecular weight excluding hydrogens is 296 g/mol. The molecule has 0 aromatic rings. The second-order valence-corrected chi connectivity index (χ2v) is 10.0. The van der Waals surface area contributed by atoms with Crippen molar-refractivity contribution in [1.29, 1.82) is 0 Å². The number of nitrogens with one attached hydrogen (secondary N) is 1. The first-order valence-electron chi connectivity index (χ1n) is 10.4. The van der Waals surface area contributed by atoms with Gasteiger partial charge in [-0.1, -0.05) is 20.8 Å². The van der Waals surface area contributed by atoms with Gasteiger partial charge in [0.15, 0.2) is 0 Å². The lowest BCUT2D eigenvalue weighted by Crippen LogP contribution is -2.61. The molecule has 1 saturated heterocycles. The Balaban J connectivity index is 1.60. The van der Waals surface area contributed by atoms with Crippen LogP contribution in [0.25, 0.3) is 0 Å². The van der Waals surface area contributed by atoms with Crippen LogP contribution < -0.4 is 11.1 Å². The topological polar surface area (TPSA) is 55.1 Å². The Bertz CT molecular complexity index is 520. The summed E-state index contributed by atoms with van der Waals surface area (Å²) in [6.07, 6.45) is 9.93. The van der Waals surface area contributed by atoms with E-state index in [1.807, 2.05) is 0 Å². The molecule has 8 atom stereocenters. The molecule has 2 unspecified atom stereocenters. The van der Waals surface area contributed by atoms with Crippen LogP contribution in [-0.4, -0.2) is 18.5 Å². The smallest absolute Gasteiger partial charge is 0.220 e. The number of carbonyl (C=O) groups is 1. The lowest BCUT2D eigenvalue weighted by atomic mass is 9.46. The summed E-state index contributed by atoms with van der Waals surface area (Å²) in [7, 11) is 0. The maximum absolute atomic E-state index is 11.9. The standard InChI is InChI=1S/C21H36N2O/c1-13(12-22)15-5-6-16-14-4-7-18-21(3,11-9-19(24)23-18)17(14)8-10-20(15,16)2/h13-18H,4-12,22H2,1-3H3,(H,23,24)/t13?,14-,15+,16-,17-,18?,20+,21+/m0/s1. The third kappa shape index (κ3) is 2.22. The van der Waals surface area contributed by atoms with E-state index in [1.54, 1.807) is 0 Å². The average molecular weight is 333 g/mol. The molecule has 4 fully saturated rings. The fourth-order valence-corrected chi connectivity index (χ4v) is 7.84. The molecule has 1 aliphatic heterocycles. The van der Waals surface area contributed by atoms with E-state index in [1.165, 1.54) is 38.5 Å². The van der Waals surface area contributed by atoms with E-state index < -0.39 is 0 Å². The third-order valence-electron chi connectivity index (χ3n) is 9.23. The van der Waals surface area contributed by atoms with Crippen molar-refractivity contribution in [2.75, 3.05) is 6.54 Å². The van der Waals surface area contributed by atoms with E-state index in [-0.39, 0.29) is 5.91 Å². The summed E-state index contributed by atoms with van der Waals surface area (Å²) in [5, 5.41) is 3.34. The summed E-state index contributed by atoms with van der Waals surface area (Å²) < 4.78 is 0. The normalized spacial score (nSPS) is 52.0. The van der Waals surface area contributed by atoms with E-state index in [9.17, 15) is 4.79 Å². The number of carbonyl (C=O) groups excluding carboxylic acids is 1. The van der Waals surface area contributed by atoms with Gasteiger partial charge in [0.25, 0.3) is 0 Å². The van der Waals surface area contributed by atoms with Crippen LogP contribution in [0.4, 0.5) is 0 Å². The van der Waals surface area contributed by atoms with Gasteiger partial charge in [-0.3, -0.25) is 4.79 Å². The number of nitrogens with two attached hydrogens (primary N) is 1. The van der Waals surface area contributed by atoms with Crippen molar-refractivity contribution in [3.05, 3.63) is 0 Å². The maximum atomic E-state index is 11.9. The molecule has 3 aliphatic carbocycles. The molecule has 1 heterocycles. The van der Waals surface area contributed by atoms with Crippen molar-refractivity contribution < 1.29 is 4.79 Å². The molecule has 0 aromatic carbocycles. The zero-order valence-electron chi connectivity index (χ0n) is 15.8. The Morgan fingerprint density at radius 2 is 1.83 bits per heavy atom. The molecule has 0 aromatic heterocycles. The molecule has 4 aliphatic rings. The van der Waals surface area contributed by atoms with Crippen LogP contribution in [0.3, 0.4) is 0 Å². The van der Waals surface area contributed by atoms with Crippen molar-refractivity contribution in [3.63, 3.8) is 0 Å². The lowest BCUT2D eigenvalue weighted by Gasteiger charge is -2.60. The van der Waals surface area contributed by atoms with Gasteiger partial charge in [0, 0.05) is 12.5 Å². The van der Waals surface area contributed by atoms with Crippen LogP contribution in [0.5, 0.6) is 0 Å². The van der Waals surface area contributed by atoms with E-state index in [2.05, 4.69) is 26.1 Å². The monoisotopic (exact) mass is 332 g/mol. The van der Waals surface area contributed by atoms with Gasteiger partial charge in [0.2, 0.25) is 5.91 Å². The first kappa shape index (κ1) is 16.9. The summed E-state index contributed by atoms with van der Waals surface area (Å²) in [5.74, 6) is 4.37. The Morgan fingerprint density at radius 1 is 1.08 bits per heavy atom. The fraction of sp³-hybridized carbons (Fsp3) is 0.952. The highest BCUT2D eigenvalue weighted by Crippen LogP contribution is 2.66. The quantitative estimate of drug-likeness (QED) is 0.810. The third-order valence-corrected chi connectivity index (χ3v) is 9.23. The molecular formula is C21H36N2O.